The van der Waals surface area contributed by atoms with Gasteiger partial charge in [0.25, 0.3) is 11.8 Å². The minimum Gasteiger partial charge on any atom is -0.508 e. The lowest BCUT2D eigenvalue weighted by molar-refractivity contribution is -0.117. The largest absolute Gasteiger partial charge is 0.508 e. The normalized spacial score (nSPS) is 16.0. The van der Waals surface area contributed by atoms with E-state index in [0.717, 1.165) is 174 Å². The lowest BCUT2D eigenvalue weighted by Gasteiger charge is -2.38. The van der Waals surface area contributed by atoms with Gasteiger partial charge in [0, 0.05) is 18.2 Å². The number of nitrogens with zero attached hydrogens (tertiary/aromatic N) is 4. The van der Waals surface area contributed by atoms with Gasteiger partial charge in [0.1, 0.15) is 90.1 Å². The molecular weight excluding hydrogens is 1660 g/mol. The van der Waals surface area contributed by atoms with Gasteiger partial charge in [-0.3, -0.25) is 13.6 Å². The molecule has 0 saturated heterocycles. The molecule has 6 aliphatic carbocycles. The Balaban J connectivity index is 0.000000225. The van der Waals surface area contributed by atoms with Crippen LogP contribution in [0.4, 0.5) is 32.0 Å². The molecule has 6 aliphatic rings. The lowest BCUT2D eigenvalue weighted by Crippen LogP contribution is -2.54. The van der Waals surface area contributed by atoms with Crippen molar-refractivity contribution in [2.24, 2.45) is 28.0 Å². The van der Waals surface area contributed by atoms with Crippen molar-refractivity contribution in [3.8, 4) is 17.2 Å². The molecule has 0 spiro atoms. The minimum absolute atomic E-state index is 0. The standard InChI is InChI=1S/C27H36F2N2O3SSi.C20H20F2N2O3S.C13H23FN2O2SSi.C13H12FNO.2CH4.BBr3/c1-27(2,3)36(5,6)31-35(33,24-14-13-17(34-4)15-23(24)28)30-25(32)16-22-18-9-7-11-20(18)26(29)21-12-8-10-19(21)22;21-17-9-11(25)7-8-18(17)28(23,27)24-19(26)10-16-12-3-1-5-14(12)20(22)15-6-2-4-13(15)16;1-13(2,3)20(5,6)16-19(15,17)12-8-7-10(18-4)9-11(12)14;14-12-8-3-1-5-10(8)13(15-7-16)11-6-2-4-9(11)12;;;2-1(3)4/h13-15H,7-12,16H2,1-6H3,(H,30,31,32,33);7-9,25H,1-6,10H2,(H2,23,24,26,27);7-9H,1-6H3,(H2,15,16,17);1-6H2;2*1H4;. The summed E-state index contributed by atoms with van der Waals surface area (Å²) in [5.74, 6) is -3.68. The van der Waals surface area contributed by atoms with Crippen LogP contribution < -0.4 is 24.1 Å². The van der Waals surface area contributed by atoms with Crippen molar-refractivity contribution in [1.29, 1.82) is 0 Å². The molecule has 0 heterocycles. The summed E-state index contributed by atoms with van der Waals surface area (Å²) in [5, 5.41) is 20.4. The number of fused-ring (bicyclic) bond motifs is 6. The maximum Gasteiger partial charge on any atom is 0.369 e. The van der Waals surface area contributed by atoms with E-state index in [9.17, 15) is 49.7 Å². The fourth-order valence-corrected chi connectivity index (χ4v) is 25.2. The first-order valence-electron chi connectivity index (χ1n) is 34.4. The third-order valence-corrected chi connectivity index (χ3v) is 38.1. The van der Waals surface area contributed by atoms with E-state index in [2.05, 4.69) is 69.4 Å². The molecule has 0 aromatic heterocycles. The first kappa shape index (κ1) is 89.6. The Morgan fingerprint density at radius 1 is 0.528 bits per heavy atom. The number of amides is 2. The van der Waals surface area contributed by atoms with Crippen molar-refractivity contribution in [3.63, 3.8) is 0 Å². The van der Waals surface area contributed by atoms with Crippen LogP contribution in [-0.4, -0.2) is 69.5 Å². The van der Waals surface area contributed by atoms with E-state index in [0.29, 0.717) is 55.4 Å². The molecule has 0 radical (unpaired) electrons. The molecular formula is C75H99BBr3F6N7O9S3Si2. The first-order chi connectivity index (χ1) is 48.5. The Labute approximate surface area is 650 Å². The predicted octanol–water partition coefficient (Wildman–Crippen LogP) is 18.9. The number of nitrogens with one attached hydrogen (secondary N) is 1. The van der Waals surface area contributed by atoms with Crippen LogP contribution in [0.5, 0.6) is 17.2 Å². The van der Waals surface area contributed by atoms with Crippen molar-refractivity contribution in [2.75, 3.05) is 14.2 Å². The smallest absolute Gasteiger partial charge is 0.369 e. The van der Waals surface area contributed by atoms with Gasteiger partial charge in [-0.1, -0.05) is 69.5 Å². The van der Waals surface area contributed by atoms with E-state index in [-0.39, 0.29) is 79.7 Å². The molecule has 2 amide bonds. The Bertz CT molecular complexity index is 4710. The van der Waals surface area contributed by atoms with E-state index in [1.165, 1.54) is 44.6 Å². The van der Waals surface area contributed by atoms with Gasteiger partial charge in [0.2, 0.25) is 6.08 Å². The van der Waals surface area contributed by atoms with E-state index >= 15 is 8.78 Å². The van der Waals surface area contributed by atoms with Gasteiger partial charge in [-0.05, 0) is 253 Å². The number of carbonyl (C=O) groups is 2. The second-order valence-electron chi connectivity index (χ2n) is 29.6. The Hall–Kier alpha value is -5.31. The summed E-state index contributed by atoms with van der Waals surface area (Å²) in [7, 11) is -12.6. The summed E-state index contributed by atoms with van der Waals surface area (Å²) < 4.78 is 152. The number of phenolic OH excluding ortho intramolecular Hbond substituents is 1. The molecule has 16 nitrogen and oxygen atoms in total. The molecule has 3 unspecified atom stereocenters. The monoisotopic (exact) mass is 1760 g/mol. The molecule has 3 atom stereocenters. The molecule has 106 heavy (non-hydrogen) atoms. The molecule has 31 heteroatoms. The Morgan fingerprint density at radius 3 is 1.19 bits per heavy atom. The molecule has 0 saturated carbocycles. The number of halogens is 9. The molecule has 0 fully saturated rings. The van der Waals surface area contributed by atoms with E-state index in [4.69, 9.17) is 19.8 Å². The zero-order chi connectivity index (χ0) is 77.0. The van der Waals surface area contributed by atoms with Gasteiger partial charge in [0.05, 0.1) is 47.4 Å². The number of hydrogen-bond donors (Lipinski definition) is 4. The average molecular weight is 1760 g/mol. The fourth-order valence-electron chi connectivity index (χ4n) is 13.7. The van der Waals surface area contributed by atoms with Gasteiger partial charge in [0.15, 0.2) is 8.24 Å². The molecule has 0 bridgehead atoms. The summed E-state index contributed by atoms with van der Waals surface area (Å²) in [5.41, 5.74) is 12.2. The number of hydrogen-bond acceptors (Lipinski definition) is 11. The van der Waals surface area contributed by atoms with Gasteiger partial charge >= 0.3 is 3.18 Å². The summed E-state index contributed by atoms with van der Waals surface area (Å²) >= 11 is 9.31. The number of rotatable bonds is 13. The SMILES string of the molecule is BrB(Br)Br.C.C.COc1ccc(S(=O)(=NC(=O)Cc2c3c(c(F)c4c2CCC4)CCC3)N[Si](C)(C)C(C)(C)C)c(F)c1.COc1ccc(S(N)(=O)=N[Si](C)(C)C(C)(C)C)c(F)c1.NS(=O)(=NC(=O)Cc1c2c(c(F)c3c1CCC3)CCC2)c1ccc(O)cc1F.O=C=Nc1c2c(c(F)c3c1CCC3)CCC2. The highest BCUT2D eigenvalue weighted by atomic mass is 79.9. The van der Waals surface area contributed by atoms with Crippen LogP contribution in [0.25, 0.3) is 0 Å². The maximum atomic E-state index is 15.2. The van der Waals surface area contributed by atoms with Crippen molar-refractivity contribution in [3.05, 3.63) is 167 Å². The van der Waals surface area contributed by atoms with Crippen LogP contribution in [0.15, 0.2) is 87.0 Å². The number of carbonyl (C=O) groups excluding carboxylic acids is 3. The number of nitrogens with two attached hydrogens (primary N) is 2. The first-order valence-corrected chi connectivity index (χ1v) is 47.8. The zero-order valence-corrected chi connectivity index (χ0v) is 69.9. The Morgan fingerprint density at radius 2 is 0.849 bits per heavy atom. The van der Waals surface area contributed by atoms with Crippen LogP contribution >= 0.6 is 47.3 Å². The van der Waals surface area contributed by atoms with Crippen LogP contribution in [0, 0.1) is 34.9 Å². The number of benzene rings is 6. The lowest BCUT2D eigenvalue weighted by atomic mass is 9.91. The number of ether oxygens (including phenoxy) is 2. The third kappa shape index (κ3) is 20.4. The van der Waals surface area contributed by atoms with Crippen molar-refractivity contribution in [1.82, 2.24) is 4.39 Å². The highest BCUT2D eigenvalue weighted by molar-refractivity contribution is 9.69. The quantitative estimate of drug-likeness (QED) is 0.0371. The number of methoxy groups -OCH3 is 2. The molecule has 6 N–H and O–H groups in total. The highest BCUT2D eigenvalue weighted by Crippen LogP contribution is 2.45. The zero-order valence-electron chi connectivity index (χ0n) is 60.7. The fraction of sp³-hybridized carbons (Fsp3) is 0.480. The van der Waals surface area contributed by atoms with E-state index in [1.807, 2.05) is 67.7 Å². The number of isocyanates is 1. The maximum absolute atomic E-state index is 15.2. The molecule has 6 aromatic rings. The number of aliphatic imine (C=N–C) groups is 1. The van der Waals surface area contributed by atoms with Gasteiger partial charge in [-0.2, -0.15) is 4.99 Å². The summed E-state index contributed by atoms with van der Waals surface area (Å²) in [6.45, 7) is 20.1. The summed E-state index contributed by atoms with van der Waals surface area (Å²) in [4.78, 5) is 39.7. The van der Waals surface area contributed by atoms with E-state index < -0.39 is 80.4 Å². The van der Waals surface area contributed by atoms with Gasteiger partial charge in [-0.25, -0.2) is 58.4 Å². The molecule has 580 valence electrons. The van der Waals surface area contributed by atoms with Gasteiger partial charge in [-0.15, -0.1) is 56.0 Å². The summed E-state index contributed by atoms with van der Waals surface area (Å²) in [6.07, 6.45) is 15.5. The third-order valence-electron chi connectivity index (χ3n) is 20.8. The molecule has 0 aliphatic heterocycles. The number of phenols is 1. The summed E-state index contributed by atoms with van der Waals surface area (Å²) in [6, 6.07) is 11.1. The van der Waals surface area contributed by atoms with Crippen molar-refractivity contribution >= 4 is 120 Å². The van der Waals surface area contributed by atoms with Crippen molar-refractivity contribution in [2.45, 2.75) is 236 Å². The topological polar surface area (TPSA) is 255 Å². The van der Waals surface area contributed by atoms with Crippen LogP contribution in [0.1, 0.15) is 173 Å². The highest BCUT2D eigenvalue weighted by Gasteiger charge is 2.41. The molecule has 12 rings (SSSR count). The van der Waals surface area contributed by atoms with Crippen LogP contribution in [0.2, 0.25) is 36.3 Å². The van der Waals surface area contributed by atoms with E-state index in [1.54, 1.807) is 6.08 Å². The van der Waals surface area contributed by atoms with Crippen molar-refractivity contribution < 1.29 is 67.9 Å². The van der Waals surface area contributed by atoms with Crippen LogP contribution in [0.3, 0.4) is 0 Å². The van der Waals surface area contributed by atoms with Gasteiger partial charge < -0.3 is 14.6 Å². The Kier molecular flexibility index (Phi) is 30.6. The number of aromatic hydroxyl groups is 1. The second kappa shape index (κ2) is 36.2. The second-order valence-corrected chi connectivity index (χ2v) is 52.0. The predicted molar refractivity (Wildman–Crippen MR) is 429 cm³/mol. The minimum atomic E-state index is -3.80. The van der Waals surface area contributed by atoms with Crippen LogP contribution in [-0.2, 0) is 134 Å². The molecule has 6 aromatic carbocycles. The average Bonchev–Trinajstić information content (AvgIpc) is 1.79.